The molecule has 0 saturated heterocycles. The van der Waals surface area contributed by atoms with E-state index in [0.29, 0.717) is 17.9 Å². The fraction of sp³-hybridized carbons (Fsp3) is 0.0769. The molecule has 0 heterocycles. The maximum absolute atomic E-state index is 13.3. The molecule has 0 aliphatic heterocycles. The van der Waals surface area contributed by atoms with Gasteiger partial charge in [0.2, 0.25) is 0 Å². The van der Waals surface area contributed by atoms with Crippen LogP contribution >= 0.6 is 23.2 Å². The Morgan fingerprint density at radius 1 is 1.00 bits per heavy atom. The van der Waals surface area contributed by atoms with E-state index in [2.05, 4.69) is 5.32 Å². The number of hydrogen-bond donors (Lipinski definition) is 2. The van der Waals surface area contributed by atoms with Gasteiger partial charge >= 0.3 is 0 Å². The molecule has 2 nitrogen and oxygen atoms in total. The second kappa shape index (κ2) is 5.63. The fourth-order valence-corrected chi connectivity index (χ4v) is 1.94. The standard InChI is InChI=1S/C13H10Cl2F2N2/c14-8-3-7(1-2-10(8)16)6-19-13-5-11(17)9(15)4-12(13)18/h1-5,19H,6,18H2. The third-order valence-corrected chi connectivity index (χ3v) is 3.14. The van der Waals surface area contributed by atoms with Crippen LogP contribution < -0.4 is 11.1 Å². The Kier molecular flexibility index (Phi) is 4.12. The van der Waals surface area contributed by atoms with E-state index >= 15 is 0 Å². The van der Waals surface area contributed by atoms with Gasteiger partial charge in [-0.05, 0) is 23.8 Å². The number of halogens is 4. The first-order valence-corrected chi connectivity index (χ1v) is 6.15. The van der Waals surface area contributed by atoms with Gasteiger partial charge in [0.25, 0.3) is 0 Å². The number of nitrogens with one attached hydrogen (secondary N) is 1. The molecule has 0 radical (unpaired) electrons. The number of nitrogen functional groups attached to an aromatic ring is 1. The van der Waals surface area contributed by atoms with Crippen LogP contribution in [0, 0.1) is 11.6 Å². The average molecular weight is 303 g/mol. The zero-order valence-electron chi connectivity index (χ0n) is 9.68. The maximum atomic E-state index is 13.3. The van der Waals surface area contributed by atoms with Crippen LogP contribution in [0.3, 0.4) is 0 Å². The summed E-state index contributed by atoms with van der Waals surface area (Å²) in [4.78, 5) is 0. The molecule has 6 heteroatoms. The van der Waals surface area contributed by atoms with Crippen molar-refractivity contribution in [3.63, 3.8) is 0 Å². The molecule has 0 spiro atoms. The Hall–Kier alpha value is -1.52. The Labute approximate surface area is 119 Å². The fourth-order valence-electron chi connectivity index (χ4n) is 1.56. The molecule has 0 aliphatic rings. The van der Waals surface area contributed by atoms with Crippen molar-refractivity contribution in [1.82, 2.24) is 0 Å². The van der Waals surface area contributed by atoms with Crippen molar-refractivity contribution < 1.29 is 8.78 Å². The summed E-state index contributed by atoms with van der Waals surface area (Å²) in [5.74, 6) is -1.04. The highest BCUT2D eigenvalue weighted by Crippen LogP contribution is 2.26. The number of rotatable bonds is 3. The van der Waals surface area contributed by atoms with E-state index in [0.717, 1.165) is 5.56 Å². The normalized spacial score (nSPS) is 10.5. The highest BCUT2D eigenvalue weighted by molar-refractivity contribution is 6.31. The lowest BCUT2D eigenvalue weighted by Crippen LogP contribution is -2.03. The predicted octanol–water partition coefficient (Wildman–Crippen LogP) is 4.47. The number of benzene rings is 2. The lowest BCUT2D eigenvalue weighted by atomic mass is 10.2. The summed E-state index contributed by atoms with van der Waals surface area (Å²) in [5.41, 5.74) is 7.21. The predicted molar refractivity (Wildman–Crippen MR) is 74.6 cm³/mol. The Morgan fingerprint density at radius 2 is 1.68 bits per heavy atom. The van der Waals surface area contributed by atoms with Crippen molar-refractivity contribution in [1.29, 1.82) is 0 Å². The molecule has 0 fully saturated rings. The summed E-state index contributed by atoms with van der Waals surface area (Å²) in [7, 11) is 0. The second-order valence-electron chi connectivity index (χ2n) is 3.96. The third kappa shape index (κ3) is 3.28. The lowest BCUT2D eigenvalue weighted by molar-refractivity contribution is 0.627. The third-order valence-electron chi connectivity index (χ3n) is 2.56. The molecular formula is C13H10Cl2F2N2. The van der Waals surface area contributed by atoms with Crippen LogP contribution in [0.1, 0.15) is 5.56 Å². The summed E-state index contributed by atoms with van der Waals surface area (Å²) in [6.45, 7) is 0.339. The molecule has 0 unspecified atom stereocenters. The van der Waals surface area contributed by atoms with Crippen LogP contribution in [-0.4, -0.2) is 0 Å². The largest absolute Gasteiger partial charge is 0.397 e. The van der Waals surface area contributed by atoms with Crippen LogP contribution in [0.15, 0.2) is 30.3 Å². The molecule has 0 amide bonds. The van der Waals surface area contributed by atoms with E-state index in [9.17, 15) is 8.78 Å². The highest BCUT2D eigenvalue weighted by Gasteiger charge is 2.07. The first-order chi connectivity index (χ1) is 8.97. The summed E-state index contributed by atoms with van der Waals surface area (Å²) in [6, 6.07) is 6.88. The van der Waals surface area contributed by atoms with E-state index in [1.54, 1.807) is 6.07 Å². The SMILES string of the molecule is Nc1cc(Cl)c(F)cc1NCc1ccc(F)c(Cl)c1. The van der Waals surface area contributed by atoms with Gasteiger partial charge in [0.1, 0.15) is 11.6 Å². The molecule has 0 aromatic heterocycles. The van der Waals surface area contributed by atoms with Gasteiger partial charge in [0.05, 0.1) is 21.4 Å². The maximum Gasteiger partial charge on any atom is 0.143 e. The molecule has 19 heavy (non-hydrogen) atoms. The van der Waals surface area contributed by atoms with Gasteiger partial charge in [0.15, 0.2) is 0 Å². The van der Waals surface area contributed by atoms with Gasteiger partial charge in [-0.1, -0.05) is 29.3 Å². The van der Waals surface area contributed by atoms with Crippen molar-refractivity contribution in [3.05, 3.63) is 57.6 Å². The van der Waals surface area contributed by atoms with Crippen molar-refractivity contribution in [3.8, 4) is 0 Å². The van der Waals surface area contributed by atoms with E-state index < -0.39 is 11.6 Å². The number of anilines is 2. The molecule has 2 aromatic rings. The van der Waals surface area contributed by atoms with Crippen LogP contribution in [0.4, 0.5) is 20.2 Å². The molecule has 100 valence electrons. The summed E-state index contributed by atoms with van der Waals surface area (Å²) in [5, 5.41) is 2.94. The van der Waals surface area contributed by atoms with Gasteiger partial charge in [-0.3, -0.25) is 0 Å². The minimum absolute atomic E-state index is 0.0344. The Bertz CT molecular complexity index is 618. The van der Waals surface area contributed by atoms with E-state index in [-0.39, 0.29) is 10.0 Å². The van der Waals surface area contributed by atoms with Crippen LogP contribution in [-0.2, 0) is 6.54 Å². The summed E-state index contributed by atoms with van der Waals surface area (Å²) < 4.78 is 26.3. The van der Waals surface area contributed by atoms with Gasteiger partial charge in [-0.25, -0.2) is 8.78 Å². The summed E-state index contributed by atoms with van der Waals surface area (Å²) >= 11 is 11.3. The topological polar surface area (TPSA) is 38.0 Å². The minimum Gasteiger partial charge on any atom is -0.397 e. The molecule has 3 N–H and O–H groups in total. The molecule has 2 rings (SSSR count). The Balaban J connectivity index is 2.14. The van der Waals surface area contributed by atoms with Crippen molar-refractivity contribution in [2.45, 2.75) is 6.54 Å². The van der Waals surface area contributed by atoms with Gasteiger partial charge in [0, 0.05) is 12.6 Å². The van der Waals surface area contributed by atoms with Crippen molar-refractivity contribution in [2.75, 3.05) is 11.1 Å². The van der Waals surface area contributed by atoms with Gasteiger partial charge in [-0.2, -0.15) is 0 Å². The monoisotopic (exact) mass is 302 g/mol. The number of nitrogens with two attached hydrogens (primary N) is 1. The van der Waals surface area contributed by atoms with Gasteiger partial charge in [-0.15, -0.1) is 0 Å². The molecule has 0 atom stereocenters. The molecule has 0 aliphatic carbocycles. The molecular weight excluding hydrogens is 293 g/mol. The van der Waals surface area contributed by atoms with Crippen LogP contribution in [0.5, 0.6) is 0 Å². The summed E-state index contributed by atoms with van der Waals surface area (Å²) in [6.07, 6.45) is 0. The van der Waals surface area contributed by atoms with E-state index in [1.807, 2.05) is 0 Å². The Morgan fingerprint density at radius 3 is 2.37 bits per heavy atom. The quantitative estimate of drug-likeness (QED) is 0.821. The average Bonchev–Trinajstić information content (AvgIpc) is 2.36. The van der Waals surface area contributed by atoms with Crippen LogP contribution in [0.2, 0.25) is 10.0 Å². The lowest BCUT2D eigenvalue weighted by Gasteiger charge is -2.10. The molecule has 0 saturated carbocycles. The van der Waals surface area contributed by atoms with E-state index in [4.69, 9.17) is 28.9 Å². The first-order valence-electron chi connectivity index (χ1n) is 5.39. The van der Waals surface area contributed by atoms with Crippen molar-refractivity contribution in [2.24, 2.45) is 0 Å². The smallest absolute Gasteiger partial charge is 0.143 e. The zero-order chi connectivity index (χ0) is 14.0. The zero-order valence-corrected chi connectivity index (χ0v) is 11.2. The van der Waals surface area contributed by atoms with Crippen molar-refractivity contribution >= 4 is 34.6 Å². The van der Waals surface area contributed by atoms with Crippen LogP contribution in [0.25, 0.3) is 0 Å². The molecule has 2 aromatic carbocycles. The highest BCUT2D eigenvalue weighted by atomic mass is 35.5. The number of hydrogen-bond acceptors (Lipinski definition) is 2. The van der Waals surface area contributed by atoms with E-state index in [1.165, 1.54) is 24.3 Å². The molecule has 0 bridgehead atoms. The second-order valence-corrected chi connectivity index (χ2v) is 4.77. The first kappa shape index (κ1) is 13.9. The van der Waals surface area contributed by atoms with Gasteiger partial charge < -0.3 is 11.1 Å². The minimum atomic E-state index is -0.560.